The molecule has 3 rings (SSSR count). The number of nitrogens with zero attached hydrogens (tertiary/aromatic N) is 3. The smallest absolute Gasteiger partial charge is 0.222 e. The van der Waals surface area contributed by atoms with Crippen LogP contribution in [0.3, 0.4) is 0 Å². The van der Waals surface area contributed by atoms with E-state index in [2.05, 4.69) is 22.2 Å². The minimum atomic E-state index is -0.480. The Morgan fingerprint density at radius 3 is 2.67 bits per heavy atom. The molecule has 0 unspecified atom stereocenters. The second-order valence-corrected chi connectivity index (χ2v) is 7.18. The summed E-state index contributed by atoms with van der Waals surface area (Å²) in [5.74, 6) is 0.495. The molecule has 1 aromatic rings. The van der Waals surface area contributed by atoms with E-state index in [4.69, 9.17) is 11.5 Å². The molecule has 0 aromatic carbocycles. The summed E-state index contributed by atoms with van der Waals surface area (Å²) in [6.45, 7) is 2.52. The van der Waals surface area contributed by atoms with Crippen LogP contribution in [0.15, 0.2) is 41.8 Å². The van der Waals surface area contributed by atoms with E-state index in [-0.39, 0.29) is 36.6 Å². The number of nitrogens with one attached hydrogen (secondary N) is 1. The van der Waals surface area contributed by atoms with Crippen LogP contribution in [0.4, 0.5) is 26.2 Å². The largest absolute Gasteiger partial charge is 0.394 e. The fraction of sp³-hybridized carbons (Fsp3) is 0.474. The standard InChI is InChI=1S/C19H26F2N6/c1-12-2-6-14(7-3-12)27(18-16(22)10-24-19(23)26-18)11-25-17-9-5-13(20)4-8-15(17)21/h5,8-10,12,14,25H,2-4,6-7,11,22H2,1H3,(H2,23,24,26). The van der Waals surface area contributed by atoms with Gasteiger partial charge >= 0.3 is 0 Å². The molecule has 8 heteroatoms. The monoisotopic (exact) mass is 376 g/mol. The molecule has 1 fully saturated rings. The highest BCUT2D eigenvalue weighted by Gasteiger charge is 2.27. The lowest BCUT2D eigenvalue weighted by Crippen LogP contribution is -2.44. The normalized spacial score (nSPS) is 23.0. The molecule has 146 valence electrons. The zero-order chi connectivity index (χ0) is 19.4. The zero-order valence-corrected chi connectivity index (χ0v) is 15.5. The van der Waals surface area contributed by atoms with E-state index in [9.17, 15) is 8.78 Å². The molecule has 1 aromatic heterocycles. The van der Waals surface area contributed by atoms with E-state index in [1.807, 2.05) is 4.90 Å². The van der Waals surface area contributed by atoms with E-state index in [1.165, 1.54) is 24.4 Å². The number of allylic oxidation sites excluding steroid dienone is 5. The maximum atomic E-state index is 14.2. The van der Waals surface area contributed by atoms with Gasteiger partial charge in [0.2, 0.25) is 5.95 Å². The first-order valence-electron chi connectivity index (χ1n) is 9.25. The highest BCUT2D eigenvalue weighted by atomic mass is 19.1. The zero-order valence-electron chi connectivity index (χ0n) is 15.5. The Hall–Kier alpha value is -2.64. The average molecular weight is 376 g/mol. The fourth-order valence-corrected chi connectivity index (χ4v) is 3.49. The van der Waals surface area contributed by atoms with Crippen molar-refractivity contribution in [2.24, 2.45) is 5.92 Å². The van der Waals surface area contributed by atoms with Gasteiger partial charge in [0.1, 0.15) is 11.7 Å². The van der Waals surface area contributed by atoms with Crippen LogP contribution in [0.2, 0.25) is 0 Å². The van der Waals surface area contributed by atoms with Crippen LogP contribution in [0, 0.1) is 5.92 Å². The number of anilines is 3. The van der Waals surface area contributed by atoms with Gasteiger partial charge in [-0.1, -0.05) is 6.92 Å². The number of hydrogen-bond donors (Lipinski definition) is 3. The SMILES string of the molecule is CC1CCC(N(CNC2=CC=C(F)CC=C2F)c2nc(N)ncc2N)CC1. The minimum Gasteiger partial charge on any atom is -0.394 e. The molecular formula is C19H26F2N6. The minimum absolute atomic E-state index is 0.0485. The van der Waals surface area contributed by atoms with Crippen molar-refractivity contribution in [2.75, 3.05) is 23.0 Å². The molecule has 2 aliphatic carbocycles. The van der Waals surface area contributed by atoms with Crippen LogP contribution in [-0.4, -0.2) is 22.7 Å². The summed E-state index contributed by atoms with van der Waals surface area (Å²) in [7, 11) is 0. The van der Waals surface area contributed by atoms with Crippen LogP contribution >= 0.6 is 0 Å². The number of rotatable bonds is 5. The summed E-state index contributed by atoms with van der Waals surface area (Å²) >= 11 is 0. The number of aromatic nitrogens is 2. The Bertz CT molecular complexity index is 765. The molecule has 0 radical (unpaired) electrons. The van der Waals surface area contributed by atoms with Crippen molar-refractivity contribution < 1.29 is 8.78 Å². The van der Waals surface area contributed by atoms with Crippen molar-refractivity contribution in [3.05, 3.63) is 41.8 Å². The molecule has 0 amide bonds. The van der Waals surface area contributed by atoms with Crippen molar-refractivity contribution in [2.45, 2.75) is 45.1 Å². The van der Waals surface area contributed by atoms with Crippen molar-refractivity contribution >= 4 is 17.5 Å². The Labute approximate surface area is 158 Å². The Kier molecular flexibility index (Phi) is 5.93. The third-order valence-corrected chi connectivity index (χ3v) is 5.12. The molecule has 0 aliphatic heterocycles. The van der Waals surface area contributed by atoms with Crippen LogP contribution < -0.4 is 21.7 Å². The van der Waals surface area contributed by atoms with Gasteiger partial charge in [-0.3, -0.25) is 0 Å². The quantitative estimate of drug-likeness (QED) is 0.681. The third-order valence-electron chi connectivity index (χ3n) is 5.12. The molecule has 27 heavy (non-hydrogen) atoms. The van der Waals surface area contributed by atoms with E-state index in [0.29, 0.717) is 17.4 Å². The summed E-state index contributed by atoms with van der Waals surface area (Å²) in [6.07, 6.45) is 9.52. The van der Waals surface area contributed by atoms with Crippen LogP contribution in [0.25, 0.3) is 0 Å². The first-order chi connectivity index (χ1) is 12.9. The predicted octanol–water partition coefficient (Wildman–Crippen LogP) is 3.57. The van der Waals surface area contributed by atoms with Gasteiger partial charge in [0.05, 0.1) is 24.2 Å². The van der Waals surface area contributed by atoms with E-state index in [0.717, 1.165) is 25.7 Å². The lowest BCUT2D eigenvalue weighted by molar-refractivity contribution is 0.331. The van der Waals surface area contributed by atoms with Crippen molar-refractivity contribution in [1.29, 1.82) is 0 Å². The van der Waals surface area contributed by atoms with Crippen molar-refractivity contribution in [3.63, 3.8) is 0 Å². The summed E-state index contributed by atoms with van der Waals surface area (Å²) in [5.41, 5.74) is 12.5. The Morgan fingerprint density at radius 1 is 1.19 bits per heavy atom. The van der Waals surface area contributed by atoms with Gasteiger partial charge < -0.3 is 21.7 Å². The van der Waals surface area contributed by atoms with E-state index in [1.54, 1.807) is 0 Å². The maximum Gasteiger partial charge on any atom is 0.222 e. The van der Waals surface area contributed by atoms with Gasteiger partial charge in [-0.15, -0.1) is 0 Å². The second-order valence-electron chi connectivity index (χ2n) is 7.18. The Balaban J connectivity index is 1.83. The fourth-order valence-electron chi connectivity index (χ4n) is 3.49. The lowest BCUT2D eigenvalue weighted by atomic mass is 9.86. The molecule has 1 heterocycles. The lowest BCUT2D eigenvalue weighted by Gasteiger charge is -2.37. The predicted molar refractivity (Wildman–Crippen MR) is 104 cm³/mol. The molecule has 5 N–H and O–H groups in total. The molecule has 6 nitrogen and oxygen atoms in total. The molecule has 0 bridgehead atoms. The van der Waals surface area contributed by atoms with Gasteiger partial charge in [-0.05, 0) is 49.8 Å². The summed E-state index contributed by atoms with van der Waals surface area (Å²) in [5, 5.41) is 3.06. The molecule has 0 atom stereocenters. The van der Waals surface area contributed by atoms with Crippen LogP contribution in [0.1, 0.15) is 39.0 Å². The number of halogens is 2. The van der Waals surface area contributed by atoms with Crippen LogP contribution in [-0.2, 0) is 0 Å². The average Bonchev–Trinajstić information content (AvgIpc) is 2.81. The molecule has 1 saturated carbocycles. The highest BCUT2D eigenvalue weighted by Crippen LogP contribution is 2.32. The maximum absolute atomic E-state index is 14.2. The second kappa shape index (κ2) is 8.37. The highest BCUT2D eigenvalue weighted by molar-refractivity contribution is 5.63. The number of nitrogens with two attached hydrogens (primary N) is 2. The van der Waals surface area contributed by atoms with Gasteiger partial charge in [-0.2, -0.15) is 4.98 Å². The first-order valence-corrected chi connectivity index (χ1v) is 9.25. The van der Waals surface area contributed by atoms with Crippen molar-refractivity contribution in [3.8, 4) is 0 Å². The number of hydrogen-bond acceptors (Lipinski definition) is 6. The molecular weight excluding hydrogens is 350 g/mol. The van der Waals surface area contributed by atoms with Gasteiger partial charge in [0.25, 0.3) is 0 Å². The van der Waals surface area contributed by atoms with Gasteiger partial charge in [0, 0.05) is 12.5 Å². The van der Waals surface area contributed by atoms with E-state index < -0.39 is 5.83 Å². The summed E-state index contributed by atoms with van der Waals surface area (Å²) < 4.78 is 27.6. The Morgan fingerprint density at radius 2 is 1.93 bits per heavy atom. The number of nitrogen functional groups attached to an aromatic ring is 2. The first kappa shape index (κ1) is 19.1. The molecule has 0 spiro atoms. The summed E-state index contributed by atoms with van der Waals surface area (Å²) in [4.78, 5) is 10.2. The molecule has 0 saturated heterocycles. The van der Waals surface area contributed by atoms with Gasteiger partial charge in [-0.25, -0.2) is 13.8 Å². The third kappa shape index (κ3) is 4.75. The summed E-state index contributed by atoms with van der Waals surface area (Å²) in [6, 6.07) is 0.205. The van der Waals surface area contributed by atoms with Crippen molar-refractivity contribution in [1.82, 2.24) is 15.3 Å². The van der Waals surface area contributed by atoms with E-state index >= 15 is 0 Å². The van der Waals surface area contributed by atoms with Gasteiger partial charge in [0.15, 0.2) is 5.82 Å². The van der Waals surface area contributed by atoms with Crippen LogP contribution in [0.5, 0.6) is 0 Å². The topological polar surface area (TPSA) is 93.1 Å². The molecule has 2 aliphatic rings.